The molecule has 1 aromatic carbocycles. The fraction of sp³-hybridized carbons (Fsp3) is 0.400. The Balaban J connectivity index is 3.25. The van der Waals surface area contributed by atoms with Crippen LogP contribution in [0.3, 0.4) is 0 Å². The number of aliphatic hydroxyl groups excluding tert-OH is 1. The van der Waals surface area contributed by atoms with Crippen LogP contribution in [0.2, 0.25) is 5.02 Å². The van der Waals surface area contributed by atoms with Crippen LogP contribution in [-0.4, -0.2) is 16.3 Å². The summed E-state index contributed by atoms with van der Waals surface area (Å²) >= 11 is 5.87. The summed E-state index contributed by atoms with van der Waals surface area (Å²) < 4.78 is 0. The van der Waals surface area contributed by atoms with Crippen LogP contribution in [0.25, 0.3) is 0 Å². The molecule has 1 rings (SSSR count). The third kappa shape index (κ3) is 2.00. The van der Waals surface area contributed by atoms with Crippen molar-refractivity contribution in [3.63, 3.8) is 0 Å². The van der Waals surface area contributed by atoms with E-state index in [1.807, 2.05) is 0 Å². The van der Waals surface area contributed by atoms with Gasteiger partial charge in [0.25, 0.3) is 0 Å². The van der Waals surface area contributed by atoms with Gasteiger partial charge in [-0.2, -0.15) is 0 Å². The summed E-state index contributed by atoms with van der Waals surface area (Å²) in [6, 6.07) is 2.60. The highest BCUT2D eigenvalue weighted by Gasteiger charge is 2.19. The molecule has 0 amide bonds. The Morgan fingerprint density at radius 3 is 2.50 bits per heavy atom. The number of phenolic OH excluding ortho intramolecular Hbond substituents is 1. The maximum atomic E-state index is 9.74. The third-order valence-electron chi connectivity index (χ3n) is 2.22. The number of aliphatic hydroxyl groups is 1. The smallest absolute Gasteiger partial charge is 0.121 e. The lowest BCUT2D eigenvalue weighted by Gasteiger charge is -2.19. The van der Waals surface area contributed by atoms with E-state index in [0.717, 1.165) is 0 Å². The zero-order valence-electron chi connectivity index (χ0n) is 8.16. The lowest BCUT2D eigenvalue weighted by molar-refractivity contribution is 0.149. The highest BCUT2D eigenvalue weighted by Crippen LogP contribution is 2.33. The molecule has 0 saturated heterocycles. The Labute approximate surface area is 88.1 Å². The predicted octanol–water partition coefficient (Wildman–Crippen LogP) is 1.73. The molecule has 0 aliphatic rings. The van der Waals surface area contributed by atoms with Gasteiger partial charge in [-0.3, -0.25) is 0 Å². The van der Waals surface area contributed by atoms with Crippen LogP contribution >= 0.6 is 11.6 Å². The fourth-order valence-electron chi connectivity index (χ4n) is 1.32. The molecule has 0 bridgehead atoms. The Morgan fingerprint density at radius 1 is 1.43 bits per heavy atom. The summed E-state index contributed by atoms with van der Waals surface area (Å²) in [6.45, 7) is 3.41. The molecule has 0 aromatic heterocycles. The summed E-state index contributed by atoms with van der Waals surface area (Å²) in [6.07, 6.45) is -0.895. The molecule has 4 N–H and O–H groups in total. The SMILES string of the molecule is Cc1c(Cl)ccc(O)c1C(O)C(C)N. The lowest BCUT2D eigenvalue weighted by atomic mass is 9.98. The van der Waals surface area contributed by atoms with Crippen LogP contribution < -0.4 is 5.73 Å². The van der Waals surface area contributed by atoms with Gasteiger partial charge < -0.3 is 15.9 Å². The van der Waals surface area contributed by atoms with Gasteiger partial charge in [0.05, 0.1) is 6.10 Å². The molecule has 0 heterocycles. The van der Waals surface area contributed by atoms with Crippen molar-refractivity contribution in [1.82, 2.24) is 0 Å². The minimum absolute atomic E-state index is 0.0247. The minimum atomic E-state index is -0.895. The molecule has 2 atom stereocenters. The van der Waals surface area contributed by atoms with E-state index in [9.17, 15) is 10.2 Å². The average molecular weight is 216 g/mol. The van der Waals surface area contributed by atoms with Crippen molar-refractivity contribution in [2.24, 2.45) is 5.73 Å². The van der Waals surface area contributed by atoms with Gasteiger partial charge in [-0.25, -0.2) is 0 Å². The molecule has 2 unspecified atom stereocenters. The number of aromatic hydroxyl groups is 1. The zero-order valence-corrected chi connectivity index (χ0v) is 8.92. The maximum Gasteiger partial charge on any atom is 0.121 e. The van der Waals surface area contributed by atoms with Gasteiger partial charge in [-0.1, -0.05) is 11.6 Å². The molecule has 3 nitrogen and oxygen atoms in total. The summed E-state index contributed by atoms with van der Waals surface area (Å²) in [7, 11) is 0. The van der Waals surface area contributed by atoms with Gasteiger partial charge in [-0.15, -0.1) is 0 Å². The van der Waals surface area contributed by atoms with Gasteiger partial charge in [0, 0.05) is 16.6 Å². The number of halogens is 1. The predicted molar refractivity (Wildman–Crippen MR) is 56.5 cm³/mol. The normalized spacial score (nSPS) is 15.2. The summed E-state index contributed by atoms with van der Waals surface area (Å²) in [5.74, 6) is 0.0247. The van der Waals surface area contributed by atoms with E-state index in [1.54, 1.807) is 19.9 Å². The molecule has 0 saturated carbocycles. The average Bonchev–Trinajstić information content (AvgIpc) is 2.12. The van der Waals surface area contributed by atoms with E-state index in [4.69, 9.17) is 17.3 Å². The van der Waals surface area contributed by atoms with Crippen molar-refractivity contribution in [2.75, 3.05) is 0 Å². The highest BCUT2D eigenvalue weighted by atomic mass is 35.5. The Morgan fingerprint density at radius 2 is 2.00 bits per heavy atom. The van der Waals surface area contributed by atoms with Gasteiger partial charge >= 0.3 is 0 Å². The van der Waals surface area contributed by atoms with Crippen molar-refractivity contribution in [1.29, 1.82) is 0 Å². The molecule has 0 spiro atoms. The van der Waals surface area contributed by atoms with Crippen molar-refractivity contribution >= 4 is 11.6 Å². The van der Waals surface area contributed by atoms with Crippen LogP contribution in [-0.2, 0) is 0 Å². The van der Waals surface area contributed by atoms with Gasteiger partial charge in [0.1, 0.15) is 5.75 Å². The quantitative estimate of drug-likeness (QED) is 0.704. The molecule has 0 aliphatic heterocycles. The van der Waals surface area contributed by atoms with Crippen LogP contribution in [0.1, 0.15) is 24.2 Å². The fourth-order valence-corrected chi connectivity index (χ4v) is 1.49. The molecule has 0 aliphatic carbocycles. The van der Waals surface area contributed by atoms with E-state index in [-0.39, 0.29) is 5.75 Å². The largest absolute Gasteiger partial charge is 0.508 e. The topological polar surface area (TPSA) is 66.5 Å². The summed E-state index contributed by atoms with van der Waals surface area (Å²) in [4.78, 5) is 0. The van der Waals surface area contributed by atoms with E-state index < -0.39 is 12.1 Å². The number of hydrogen-bond acceptors (Lipinski definition) is 3. The van der Waals surface area contributed by atoms with E-state index >= 15 is 0 Å². The molecule has 4 heteroatoms. The second-order valence-corrected chi connectivity index (χ2v) is 3.82. The van der Waals surface area contributed by atoms with Crippen LogP contribution in [0, 0.1) is 6.92 Å². The first-order valence-corrected chi connectivity index (χ1v) is 4.74. The second kappa shape index (κ2) is 4.17. The van der Waals surface area contributed by atoms with Crippen molar-refractivity contribution in [2.45, 2.75) is 26.0 Å². The first-order chi connectivity index (χ1) is 6.45. The first kappa shape index (κ1) is 11.3. The Kier molecular flexibility index (Phi) is 3.37. The van der Waals surface area contributed by atoms with Crippen LogP contribution in [0.5, 0.6) is 5.75 Å². The first-order valence-electron chi connectivity index (χ1n) is 4.36. The summed E-state index contributed by atoms with van der Waals surface area (Å²) in [5.41, 5.74) is 6.62. The van der Waals surface area contributed by atoms with E-state index in [2.05, 4.69) is 0 Å². The van der Waals surface area contributed by atoms with E-state index in [1.165, 1.54) is 6.07 Å². The van der Waals surface area contributed by atoms with Gasteiger partial charge in [0.15, 0.2) is 0 Å². The van der Waals surface area contributed by atoms with Gasteiger partial charge in [-0.05, 0) is 31.5 Å². The van der Waals surface area contributed by atoms with E-state index in [0.29, 0.717) is 16.1 Å². The minimum Gasteiger partial charge on any atom is -0.508 e. The monoisotopic (exact) mass is 215 g/mol. The summed E-state index contributed by atoms with van der Waals surface area (Å²) in [5, 5.41) is 19.8. The standard InChI is InChI=1S/C10H14ClNO2/c1-5-7(11)3-4-8(13)9(5)10(14)6(2)12/h3-4,6,10,13-14H,12H2,1-2H3. The molecule has 0 radical (unpaired) electrons. The molecule has 78 valence electrons. The number of nitrogens with two attached hydrogens (primary N) is 1. The molecule has 14 heavy (non-hydrogen) atoms. The number of hydrogen-bond donors (Lipinski definition) is 3. The Hall–Kier alpha value is -0.770. The van der Waals surface area contributed by atoms with Crippen LogP contribution in [0.4, 0.5) is 0 Å². The Bertz CT molecular complexity index is 339. The second-order valence-electron chi connectivity index (χ2n) is 3.41. The highest BCUT2D eigenvalue weighted by molar-refractivity contribution is 6.31. The molecular formula is C10H14ClNO2. The van der Waals surface area contributed by atoms with Crippen molar-refractivity contribution in [3.8, 4) is 5.75 Å². The van der Waals surface area contributed by atoms with Crippen LogP contribution in [0.15, 0.2) is 12.1 Å². The van der Waals surface area contributed by atoms with Gasteiger partial charge in [0.2, 0.25) is 0 Å². The molecule has 0 fully saturated rings. The maximum absolute atomic E-state index is 9.74. The zero-order chi connectivity index (χ0) is 10.9. The van der Waals surface area contributed by atoms with Crippen molar-refractivity contribution in [3.05, 3.63) is 28.3 Å². The lowest BCUT2D eigenvalue weighted by Crippen LogP contribution is -2.25. The van der Waals surface area contributed by atoms with Crippen molar-refractivity contribution < 1.29 is 10.2 Å². The number of phenols is 1. The third-order valence-corrected chi connectivity index (χ3v) is 2.63. The molecular weight excluding hydrogens is 202 g/mol. The number of benzene rings is 1. The number of rotatable bonds is 2. The molecule has 1 aromatic rings.